The molecule has 0 aromatic carbocycles. The van der Waals surface area contributed by atoms with Crippen LogP contribution in [0.15, 0.2) is 0 Å². The number of aliphatic hydroxyl groups is 1. The smallest absolute Gasteiger partial charge is 0.213 e. The first-order chi connectivity index (χ1) is 13.0. The van der Waals surface area contributed by atoms with E-state index in [-0.39, 0.29) is 0 Å². The quantitative estimate of drug-likeness (QED) is 0.241. The Kier molecular flexibility index (Phi) is 73.7. The van der Waals surface area contributed by atoms with Crippen molar-refractivity contribution in [2.75, 3.05) is 6.61 Å². The van der Waals surface area contributed by atoms with E-state index in [1.54, 1.807) is 0 Å². The van der Waals surface area contributed by atoms with E-state index < -0.39 is 36.2 Å². The van der Waals surface area contributed by atoms with Gasteiger partial charge in [0.05, 0.1) is 6.61 Å². The van der Waals surface area contributed by atoms with Crippen LogP contribution in [-0.2, 0) is 0 Å². The van der Waals surface area contributed by atoms with Crippen LogP contribution < -0.4 is 0 Å². The molecule has 0 aliphatic rings. The molecule has 1 N–H and O–H groups in total. The second-order valence-electron chi connectivity index (χ2n) is 2.26. The number of alkyl halides is 21. The van der Waals surface area contributed by atoms with Gasteiger partial charge in [0.25, 0.3) is 0 Å². The van der Waals surface area contributed by atoms with E-state index in [4.69, 9.17) is 249 Å². The Morgan fingerprint density at radius 3 is 0.400 bits per heavy atom. The molecule has 0 bridgehead atoms. The lowest BCUT2D eigenvalue weighted by molar-refractivity contribution is 0.303. The lowest BCUT2D eigenvalue weighted by Gasteiger charge is -2.01. The zero-order chi connectivity index (χ0) is 26.7. The largest absolute Gasteiger partial charge is 0.392 e. The fourth-order valence-corrected chi connectivity index (χ4v) is 0. The summed E-state index contributed by atoms with van der Waals surface area (Å²) in [5.74, 6) is 0. The van der Waals surface area contributed by atoms with Crippen molar-refractivity contribution in [2.24, 2.45) is 0 Å². The number of rotatable bonds is 0. The Balaban J connectivity index is -0.0000000414. The molecule has 0 aliphatic carbocycles. The van der Waals surface area contributed by atoms with Crippen molar-refractivity contribution < 1.29 is 5.11 Å². The zero-order valence-corrected chi connectivity index (χ0v) is 28.9. The highest BCUT2D eigenvalue weighted by Crippen LogP contribution is 2.23. The summed E-state index contributed by atoms with van der Waals surface area (Å²) in [4.78, 5) is 0. The summed E-state index contributed by atoms with van der Waals surface area (Å²) in [6, 6.07) is 0. The van der Waals surface area contributed by atoms with Crippen LogP contribution in [0.1, 0.15) is 0 Å². The average molecular weight is 866 g/mol. The van der Waals surface area contributed by atoms with E-state index >= 15 is 0 Å². The Morgan fingerprint density at radius 1 is 0.367 bits per heavy atom. The predicted molar refractivity (Wildman–Crippen MR) is 155 cm³/mol. The third kappa shape index (κ3) is 454. The standard InChI is InChI=1S/C2H3Cl3O.6CHCl3/c3-2(4,5)1-6;6*2-1(3)4/h6H,1H2;6*1H. The van der Waals surface area contributed by atoms with Crippen molar-refractivity contribution in [1.29, 1.82) is 0 Å². The molecule has 0 aromatic rings. The van der Waals surface area contributed by atoms with Gasteiger partial charge in [0.2, 0.25) is 3.79 Å². The Labute approximate surface area is 280 Å². The highest BCUT2D eigenvalue weighted by atomic mass is 35.6. The van der Waals surface area contributed by atoms with Crippen LogP contribution in [0.25, 0.3) is 0 Å². The molecular formula is C8H9Cl21O. The van der Waals surface area contributed by atoms with Crippen LogP contribution in [-0.4, -0.2) is 41.3 Å². The monoisotopic (exact) mass is 855 g/mol. The molecule has 0 spiro atoms. The first-order valence-corrected chi connectivity index (χ1v) is 14.2. The maximum atomic E-state index is 8.01. The van der Waals surface area contributed by atoms with Crippen molar-refractivity contribution in [3.63, 3.8) is 0 Å². The third-order valence-electron chi connectivity index (χ3n) is 0.179. The third-order valence-corrected chi connectivity index (χ3v) is 0.538. The van der Waals surface area contributed by atoms with Crippen molar-refractivity contribution in [2.45, 2.75) is 29.6 Å². The maximum absolute atomic E-state index is 8.01. The number of hydrogen-bond acceptors (Lipinski definition) is 1. The summed E-state index contributed by atoms with van der Waals surface area (Å²) in [5, 5.41) is 8.01. The second-order valence-corrected chi connectivity index (χ2v) is 16.7. The first-order valence-electron chi connectivity index (χ1n) is 5.16. The Morgan fingerprint density at radius 2 is 0.400 bits per heavy atom. The number of aliphatic hydroxyl groups excluding tert-OH is 1. The SMILES string of the molecule is ClC(Cl)Cl.ClC(Cl)Cl.ClC(Cl)Cl.ClC(Cl)Cl.ClC(Cl)Cl.ClC(Cl)Cl.OCC(Cl)(Cl)Cl. The molecule has 0 aromatic heterocycles. The number of hydrogen-bond donors (Lipinski definition) is 1. The molecule has 30 heavy (non-hydrogen) atoms. The molecule has 0 saturated heterocycles. The van der Waals surface area contributed by atoms with Gasteiger partial charge in [0.1, 0.15) is 0 Å². The lowest BCUT2D eigenvalue weighted by Crippen LogP contribution is -2.06. The summed E-state index contributed by atoms with van der Waals surface area (Å²) in [5.41, 5.74) is 0. The molecular weight excluding hydrogens is 857 g/mol. The van der Waals surface area contributed by atoms with Crippen LogP contribution >= 0.6 is 244 Å². The van der Waals surface area contributed by atoms with Crippen molar-refractivity contribution in [3.05, 3.63) is 0 Å². The van der Waals surface area contributed by atoms with Crippen LogP contribution in [0, 0.1) is 0 Å². The molecule has 0 aliphatic heterocycles. The van der Waals surface area contributed by atoms with E-state index in [0.29, 0.717) is 0 Å². The maximum Gasteiger partial charge on any atom is 0.213 e. The van der Waals surface area contributed by atoms with Crippen molar-refractivity contribution in [3.8, 4) is 0 Å². The molecule has 0 amide bonds. The molecule has 0 fully saturated rings. The first kappa shape index (κ1) is 52.5. The van der Waals surface area contributed by atoms with Gasteiger partial charge in [-0.1, -0.05) is 244 Å². The van der Waals surface area contributed by atoms with Gasteiger partial charge in [-0.15, -0.1) is 0 Å². The fraction of sp³-hybridized carbons (Fsp3) is 1.00. The van der Waals surface area contributed by atoms with Crippen molar-refractivity contribution >= 4 is 244 Å². The number of halogens is 21. The van der Waals surface area contributed by atoms with E-state index in [1.807, 2.05) is 0 Å². The molecule has 0 saturated carbocycles. The minimum Gasteiger partial charge on any atom is -0.392 e. The van der Waals surface area contributed by atoms with E-state index in [2.05, 4.69) is 0 Å². The summed E-state index contributed by atoms with van der Waals surface area (Å²) in [7, 11) is 0. The summed E-state index contributed by atoms with van der Waals surface area (Å²) >= 11 is 101. The fourth-order valence-electron chi connectivity index (χ4n) is 0. The molecule has 0 heterocycles. The van der Waals surface area contributed by atoms with Gasteiger partial charge in [-0.2, -0.15) is 0 Å². The minimum atomic E-state index is -1.49. The van der Waals surface area contributed by atoms with Gasteiger partial charge < -0.3 is 5.11 Å². The molecule has 0 rings (SSSR count). The predicted octanol–water partition coefficient (Wildman–Crippen LogP) is 13.3. The van der Waals surface area contributed by atoms with Gasteiger partial charge in [-0.25, -0.2) is 0 Å². The topological polar surface area (TPSA) is 20.2 Å². The molecule has 0 radical (unpaired) electrons. The van der Waals surface area contributed by atoms with Crippen LogP contribution in [0.2, 0.25) is 0 Å². The van der Waals surface area contributed by atoms with Gasteiger partial charge >= 0.3 is 0 Å². The molecule has 0 unspecified atom stereocenters. The second kappa shape index (κ2) is 42.2. The Bertz CT molecular complexity index is 179. The van der Waals surface area contributed by atoms with Crippen LogP contribution in [0.4, 0.5) is 0 Å². The van der Waals surface area contributed by atoms with Crippen molar-refractivity contribution in [1.82, 2.24) is 0 Å². The van der Waals surface area contributed by atoms with E-state index in [0.717, 1.165) is 0 Å². The van der Waals surface area contributed by atoms with Gasteiger partial charge in [-0.3, -0.25) is 0 Å². The van der Waals surface area contributed by atoms with Gasteiger partial charge in [0.15, 0.2) is 25.8 Å². The Hall–Kier alpha value is 6.05. The normalized spacial score (nSPS) is 9.60. The average Bonchev–Trinajstić information content (AvgIpc) is 2.33. The highest BCUT2D eigenvalue weighted by Gasteiger charge is 2.16. The zero-order valence-electron chi connectivity index (χ0n) is 13.1. The summed E-state index contributed by atoms with van der Waals surface area (Å²) < 4.78 is -5.99. The highest BCUT2D eigenvalue weighted by molar-refractivity contribution is 6.68. The van der Waals surface area contributed by atoms with Crippen LogP contribution in [0.3, 0.4) is 0 Å². The summed E-state index contributed by atoms with van der Waals surface area (Å²) in [6.07, 6.45) is 0. The van der Waals surface area contributed by atoms with Gasteiger partial charge in [0, 0.05) is 0 Å². The molecule has 22 heteroatoms. The molecule has 1 nitrogen and oxygen atoms in total. The van der Waals surface area contributed by atoms with E-state index in [1.165, 1.54) is 0 Å². The van der Waals surface area contributed by atoms with E-state index in [9.17, 15) is 0 Å². The summed E-state index contributed by atoms with van der Waals surface area (Å²) in [6.45, 7) is -0.433. The lowest BCUT2D eigenvalue weighted by atomic mass is 10.9. The molecule has 0 atom stereocenters. The van der Waals surface area contributed by atoms with Gasteiger partial charge in [-0.05, 0) is 0 Å². The minimum absolute atomic E-state index is 0.433. The van der Waals surface area contributed by atoms with Crippen LogP contribution in [0.5, 0.6) is 0 Å². The molecule has 194 valence electrons.